The molecule has 0 radical (unpaired) electrons. The normalized spacial score (nSPS) is 12.0. The zero-order valence-corrected chi connectivity index (χ0v) is 12.6. The molecule has 0 aliphatic rings. The SMILES string of the molecule is CCc1nc2c(C(=O)O)cccc2n1CC(C)(C)CC. The van der Waals surface area contributed by atoms with E-state index in [1.54, 1.807) is 12.1 Å². The van der Waals surface area contributed by atoms with Gasteiger partial charge >= 0.3 is 5.97 Å². The van der Waals surface area contributed by atoms with E-state index in [1.165, 1.54) is 0 Å². The van der Waals surface area contributed by atoms with Gasteiger partial charge in [0.2, 0.25) is 0 Å². The molecule has 2 aromatic rings. The van der Waals surface area contributed by atoms with Gasteiger partial charge in [-0.05, 0) is 24.0 Å². The van der Waals surface area contributed by atoms with Crippen LogP contribution in [0.4, 0.5) is 0 Å². The molecule has 0 atom stereocenters. The van der Waals surface area contributed by atoms with Gasteiger partial charge in [-0.2, -0.15) is 0 Å². The molecular weight excluding hydrogens is 252 g/mol. The summed E-state index contributed by atoms with van der Waals surface area (Å²) in [6, 6.07) is 5.37. The summed E-state index contributed by atoms with van der Waals surface area (Å²) < 4.78 is 2.17. The average Bonchev–Trinajstić information content (AvgIpc) is 2.76. The van der Waals surface area contributed by atoms with E-state index in [4.69, 9.17) is 0 Å². The van der Waals surface area contributed by atoms with Crippen molar-refractivity contribution >= 4 is 17.0 Å². The number of carboxylic acids is 1. The zero-order chi connectivity index (χ0) is 14.9. The van der Waals surface area contributed by atoms with Crippen molar-refractivity contribution in [3.63, 3.8) is 0 Å². The van der Waals surface area contributed by atoms with Crippen molar-refractivity contribution in [3.8, 4) is 0 Å². The number of carboxylic acid groups (broad SMARTS) is 1. The molecule has 4 heteroatoms. The third kappa shape index (κ3) is 2.55. The van der Waals surface area contributed by atoms with Crippen LogP contribution in [0.15, 0.2) is 18.2 Å². The van der Waals surface area contributed by atoms with Crippen LogP contribution in [-0.2, 0) is 13.0 Å². The maximum Gasteiger partial charge on any atom is 0.337 e. The van der Waals surface area contributed by atoms with Gasteiger partial charge in [0, 0.05) is 13.0 Å². The van der Waals surface area contributed by atoms with Gasteiger partial charge in [0.1, 0.15) is 11.3 Å². The number of nitrogens with zero attached hydrogens (tertiary/aromatic N) is 2. The van der Waals surface area contributed by atoms with Crippen molar-refractivity contribution in [1.29, 1.82) is 0 Å². The van der Waals surface area contributed by atoms with Gasteiger partial charge in [-0.15, -0.1) is 0 Å². The van der Waals surface area contributed by atoms with E-state index in [-0.39, 0.29) is 11.0 Å². The Morgan fingerprint density at radius 2 is 2.05 bits per heavy atom. The molecule has 1 N–H and O–H groups in total. The van der Waals surface area contributed by atoms with E-state index in [0.29, 0.717) is 5.52 Å². The van der Waals surface area contributed by atoms with Crippen LogP contribution >= 0.6 is 0 Å². The number of para-hydroxylation sites is 1. The minimum atomic E-state index is -0.919. The molecule has 0 spiro atoms. The molecule has 4 nitrogen and oxygen atoms in total. The van der Waals surface area contributed by atoms with Crippen LogP contribution in [0, 0.1) is 5.41 Å². The van der Waals surface area contributed by atoms with Crippen LogP contribution in [0.2, 0.25) is 0 Å². The Labute approximate surface area is 119 Å². The average molecular weight is 274 g/mol. The van der Waals surface area contributed by atoms with Crippen molar-refractivity contribution < 1.29 is 9.90 Å². The van der Waals surface area contributed by atoms with Crippen molar-refractivity contribution in [2.45, 2.75) is 47.1 Å². The van der Waals surface area contributed by atoms with Crippen molar-refractivity contribution in [3.05, 3.63) is 29.6 Å². The van der Waals surface area contributed by atoms with E-state index in [2.05, 4.69) is 37.2 Å². The lowest BCUT2D eigenvalue weighted by Gasteiger charge is -2.24. The van der Waals surface area contributed by atoms with Gasteiger partial charge in [-0.1, -0.05) is 33.8 Å². The second-order valence-corrected chi connectivity index (χ2v) is 5.96. The van der Waals surface area contributed by atoms with E-state index < -0.39 is 5.97 Å². The Kier molecular flexibility index (Phi) is 3.84. The highest BCUT2D eigenvalue weighted by Gasteiger charge is 2.21. The Morgan fingerprint density at radius 3 is 2.60 bits per heavy atom. The fourth-order valence-corrected chi connectivity index (χ4v) is 2.35. The summed E-state index contributed by atoms with van der Waals surface area (Å²) >= 11 is 0. The predicted octanol–water partition coefficient (Wildman–Crippen LogP) is 3.73. The number of aromatic carboxylic acids is 1. The van der Waals surface area contributed by atoms with Gasteiger partial charge < -0.3 is 9.67 Å². The molecule has 0 saturated heterocycles. The number of carbonyl (C=O) groups is 1. The van der Waals surface area contributed by atoms with Gasteiger partial charge in [0.15, 0.2) is 0 Å². The highest BCUT2D eigenvalue weighted by molar-refractivity contribution is 6.01. The monoisotopic (exact) mass is 274 g/mol. The molecule has 108 valence electrons. The second-order valence-electron chi connectivity index (χ2n) is 5.96. The fourth-order valence-electron chi connectivity index (χ4n) is 2.35. The summed E-state index contributed by atoms with van der Waals surface area (Å²) in [6.45, 7) is 9.52. The molecule has 0 aliphatic carbocycles. The molecule has 1 heterocycles. The minimum Gasteiger partial charge on any atom is -0.478 e. The van der Waals surface area contributed by atoms with Crippen LogP contribution < -0.4 is 0 Å². The summed E-state index contributed by atoms with van der Waals surface area (Å²) in [6.07, 6.45) is 1.86. The first kappa shape index (κ1) is 14.6. The first-order valence-electron chi connectivity index (χ1n) is 7.11. The molecule has 0 fully saturated rings. The molecule has 20 heavy (non-hydrogen) atoms. The predicted molar refractivity (Wildman–Crippen MR) is 80.1 cm³/mol. The summed E-state index contributed by atoms with van der Waals surface area (Å²) in [5.74, 6) is 0.0351. The van der Waals surface area contributed by atoms with E-state index in [9.17, 15) is 9.90 Å². The Hall–Kier alpha value is -1.84. The van der Waals surface area contributed by atoms with Crippen molar-refractivity contribution in [2.75, 3.05) is 0 Å². The van der Waals surface area contributed by atoms with Crippen LogP contribution in [0.25, 0.3) is 11.0 Å². The molecular formula is C16H22N2O2. The smallest absolute Gasteiger partial charge is 0.337 e. The standard InChI is InChI=1S/C16H22N2O2/c1-5-13-17-14-11(15(19)20)8-7-9-12(14)18(13)10-16(3,4)6-2/h7-9H,5-6,10H2,1-4H3,(H,19,20). The molecule has 0 aliphatic heterocycles. The van der Waals surface area contributed by atoms with Crippen LogP contribution in [0.3, 0.4) is 0 Å². The van der Waals surface area contributed by atoms with Gasteiger partial charge in [0.05, 0.1) is 11.1 Å². The van der Waals surface area contributed by atoms with E-state index >= 15 is 0 Å². The van der Waals surface area contributed by atoms with Crippen molar-refractivity contribution in [1.82, 2.24) is 9.55 Å². The highest BCUT2D eigenvalue weighted by Crippen LogP contribution is 2.28. The first-order valence-corrected chi connectivity index (χ1v) is 7.11. The molecule has 1 aromatic carbocycles. The fraction of sp³-hybridized carbons (Fsp3) is 0.500. The summed E-state index contributed by atoms with van der Waals surface area (Å²) in [4.78, 5) is 15.9. The second kappa shape index (κ2) is 5.27. The van der Waals surface area contributed by atoms with Gasteiger partial charge in [0.25, 0.3) is 0 Å². The molecule has 0 amide bonds. The number of aromatic nitrogens is 2. The van der Waals surface area contributed by atoms with Crippen molar-refractivity contribution in [2.24, 2.45) is 5.41 Å². The number of aryl methyl sites for hydroxylation is 1. The van der Waals surface area contributed by atoms with Crippen LogP contribution in [-0.4, -0.2) is 20.6 Å². The molecule has 1 aromatic heterocycles. The zero-order valence-electron chi connectivity index (χ0n) is 12.6. The topological polar surface area (TPSA) is 55.1 Å². The minimum absolute atomic E-state index is 0.163. The number of rotatable bonds is 5. The summed E-state index contributed by atoms with van der Waals surface area (Å²) in [5.41, 5.74) is 1.97. The maximum absolute atomic E-state index is 11.3. The third-order valence-corrected chi connectivity index (χ3v) is 3.95. The highest BCUT2D eigenvalue weighted by atomic mass is 16.4. The molecule has 0 bridgehead atoms. The molecule has 2 rings (SSSR count). The van der Waals surface area contributed by atoms with E-state index in [1.807, 2.05) is 6.07 Å². The number of hydrogen-bond donors (Lipinski definition) is 1. The van der Waals surface area contributed by atoms with Gasteiger partial charge in [-0.25, -0.2) is 9.78 Å². The van der Waals surface area contributed by atoms with E-state index in [0.717, 1.165) is 30.7 Å². The number of fused-ring (bicyclic) bond motifs is 1. The van der Waals surface area contributed by atoms with Crippen LogP contribution in [0.1, 0.15) is 50.3 Å². The lowest BCUT2D eigenvalue weighted by molar-refractivity contribution is 0.0699. The lowest BCUT2D eigenvalue weighted by Crippen LogP contribution is -2.20. The number of hydrogen-bond acceptors (Lipinski definition) is 2. The van der Waals surface area contributed by atoms with Gasteiger partial charge in [-0.3, -0.25) is 0 Å². The third-order valence-electron chi connectivity index (χ3n) is 3.95. The lowest BCUT2D eigenvalue weighted by atomic mass is 9.90. The quantitative estimate of drug-likeness (QED) is 0.903. The summed E-state index contributed by atoms with van der Waals surface area (Å²) in [5, 5.41) is 9.29. The largest absolute Gasteiger partial charge is 0.478 e. The summed E-state index contributed by atoms with van der Waals surface area (Å²) in [7, 11) is 0. The number of benzene rings is 1. The Balaban J connectivity index is 2.64. The molecule has 0 saturated carbocycles. The first-order chi connectivity index (χ1) is 9.39. The Bertz CT molecular complexity index is 641. The molecule has 0 unspecified atom stereocenters. The number of imidazole rings is 1. The Morgan fingerprint density at radius 1 is 1.35 bits per heavy atom. The maximum atomic E-state index is 11.3. The van der Waals surface area contributed by atoms with Crippen LogP contribution in [0.5, 0.6) is 0 Å².